The van der Waals surface area contributed by atoms with Crippen LogP contribution < -0.4 is 10.1 Å². The van der Waals surface area contributed by atoms with Crippen LogP contribution in [0.4, 0.5) is 5.13 Å². The van der Waals surface area contributed by atoms with Crippen molar-refractivity contribution in [1.82, 2.24) is 4.98 Å². The maximum Gasteiger partial charge on any atom is 0.257 e. The van der Waals surface area contributed by atoms with Gasteiger partial charge in [0.1, 0.15) is 5.75 Å². The van der Waals surface area contributed by atoms with Crippen LogP contribution in [0.3, 0.4) is 0 Å². The average molecular weight is 402 g/mol. The van der Waals surface area contributed by atoms with Crippen LogP contribution in [0.5, 0.6) is 5.75 Å². The number of carbonyl (C=O) groups is 1. The number of methoxy groups -OCH3 is 1. The molecule has 0 saturated carbocycles. The summed E-state index contributed by atoms with van der Waals surface area (Å²) in [5.74, 6) is 0.422. The lowest BCUT2D eigenvalue weighted by Crippen LogP contribution is -2.11. The number of aromatic nitrogens is 1. The van der Waals surface area contributed by atoms with E-state index in [2.05, 4.69) is 10.3 Å². The monoisotopic (exact) mass is 402 g/mol. The standard InChI is InChI=1S/C19H18N2O4S2/c1-25-16-9-7-14(8-10-16)17-11-26-19(20-17)21-18(22)15-5-3-13(4-6-15)12-27(2,23)24/h3-11H,12H2,1-2H3,(H,20,21,22). The Morgan fingerprint density at radius 3 is 2.37 bits per heavy atom. The highest BCUT2D eigenvalue weighted by Gasteiger charge is 2.11. The van der Waals surface area contributed by atoms with Crippen molar-refractivity contribution in [2.24, 2.45) is 0 Å². The van der Waals surface area contributed by atoms with Crippen molar-refractivity contribution < 1.29 is 17.9 Å². The summed E-state index contributed by atoms with van der Waals surface area (Å²) >= 11 is 1.33. The molecule has 0 aliphatic carbocycles. The van der Waals surface area contributed by atoms with Crippen LogP contribution in [0.15, 0.2) is 53.9 Å². The number of ether oxygens (including phenoxy) is 1. The maximum absolute atomic E-state index is 12.4. The minimum atomic E-state index is -3.10. The molecule has 0 radical (unpaired) electrons. The molecule has 1 N–H and O–H groups in total. The molecule has 27 heavy (non-hydrogen) atoms. The number of benzene rings is 2. The zero-order chi connectivity index (χ0) is 19.4. The highest BCUT2D eigenvalue weighted by Crippen LogP contribution is 2.26. The van der Waals surface area contributed by atoms with E-state index in [0.717, 1.165) is 17.0 Å². The molecule has 0 saturated heterocycles. The van der Waals surface area contributed by atoms with E-state index >= 15 is 0 Å². The van der Waals surface area contributed by atoms with E-state index in [1.54, 1.807) is 31.4 Å². The Bertz CT molecular complexity index is 1040. The molecule has 8 heteroatoms. The van der Waals surface area contributed by atoms with E-state index in [1.807, 2.05) is 29.6 Å². The van der Waals surface area contributed by atoms with Crippen LogP contribution in [-0.4, -0.2) is 32.7 Å². The Labute approximate surface area is 161 Å². The molecule has 0 bridgehead atoms. The summed E-state index contributed by atoms with van der Waals surface area (Å²) in [6.07, 6.45) is 1.18. The van der Waals surface area contributed by atoms with Gasteiger partial charge in [-0.05, 0) is 42.0 Å². The predicted octanol–water partition coefficient (Wildman–Crippen LogP) is 3.62. The van der Waals surface area contributed by atoms with Crippen LogP contribution in [-0.2, 0) is 15.6 Å². The molecule has 0 unspecified atom stereocenters. The molecule has 1 amide bonds. The fourth-order valence-corrected chi connectivity index (χ4v) is 3.96. The number of nitrogens with one attached hydrogen (secondary N) is 1. The number of sulfone groups is 1. The highest BCUT2D eigenvalue weighted by molar-refractivity contribution is 7.89. The van der Waals surface area contributed by atoms with Gasteiger partial charge in [-0.2, -0.15) is 0 Å². The lowest BCUT2D eigenvalue weighted by molar-refractivity contribution is 0.102. The first kappa shape index (κ1) is 19.1. The molecule has 0 aliphatic heterocycles. The van der Waals surface area contributed by atoms with Crippen molar-refractivity contribution in [1.29, 1.82) is 0 Å². The molecule has 1 heterocycles. The van der Waals surface area contributed by atoms with Crippen LogP contribution >= 0.6 is 11.3 Å². The highest BCUT2D eigenvalue weighted by atomic mass is 32.2. The quantitative estimate of drug-likeness (QED) is 0.681. The Balaban J connectivity index is 1.68. The van der Waals surface area contributed by atoms with Crippen molar-refractivity contribution in [3.63, 3.8) is 0 Å². The number of hydrogen-bond donors (Lipinski definition) is 1. The number of hydrogen-bond acceptors (Lipinski definition) is 6. The SMILES string of the molecule is COc1ccc(-c2csc(NC(=O)c3ccc(CS(C)(=O)=O)cc3)n2)cc1. The van der Waals surface area contributed by atoms with Crippen molar-refractivity contribution in [3.05, 3.63) is 65.0 Å². The number of anilines is 1. The van der Waals surface area contributed by atoms with Crippen molar-refractivity contribution in [2.75, 3.05) is 18.7 Å². The third-order valence-corrected chi connectivity index (χ3v) is 5.37. The first-order valence-electron chi connectivity index (χ1n) is 8.02. The molecule has 0 aliphatic rings. The molecule has 0 fully saturated rings. The predicted molar refractivity (Wildman–Crippen MR) is 107 cm³/mol. The van der Waals surface area contributed by atoms with Gasteiger partial charge in [-0.25, -0.2) is 13.4 Å². The normalized spacial score (nSPS) is 11.2. The second-order valence-corrected chi connectivity index (χ2v) is 8.99. The number of carbonyl (C=O) groups excluding carboxylic acids is 1. The zero-order valence-electron chi connectivity index (χ0n) is 14.8. The third kappa shape index (κ3) is 5.15. The summed E-state index contributed by atoms with van der Waals surface area (Å²) in [5.41, 5.74) is 2.78. The Hall–Kier alpha value is -2.71. The summed E-state index contributed by atoms with van der Waals surface area (Å²) in [6.45, 7) is 0. The molecule has 2 aromatic carbocycles. The van der Waals surface area contributed by atoms with Crippen LogP contribution in [0.25, 0.3) is 11.3 Å². The van der Waals surface area contributed by atoms with Gasteiger partial charge in [0.15, 0.2) is 15.0 Å². The Morgan fingerprint density at radius 1 is 1.11 bits per heavy atom. The van der Waals surface area contributed by atoms with Gasteiger partial charge >= 0.3 is 0 Å². The second kappa shape index (κ2) is 7.89. The van der Waals surface area contributed by atoms with Gasteiger partial charge in [0.25, 0.3) is 5.91 Å². The number of thiazole rings is 1. The summed E-state index contributed by atoms with van der Waals surface area (Å²) in [5, 5.41) is 5.12. The summed E-state index contributed by atoms with van der Waals surface area (Å²) in [7, 11) is -1.49. The number of rotatable bonds is 6. The fourth-order valence-electron chi connectivity index (χ4n) is 2.45. The zero-order valence-corrected chi connectivity index (χ0v) is 16.4. The molecule has 0 atom stereocenters. The molecule has 140 valence electrons. The van der Waals surface area contributed by atoms with Gasteiger partial charge in [0.05, 0.1) is 18.6 Å². The fraction of sp³-hybridized carbons (Fsp3) is 0.158. The molecule has 3 rings (SSSR count). The molecule has 0 spiro atoms. The maximum atomic E-state index is 12.4. The summed E-state index contributed by atoms with van der Waals surface area (Å²) in [6, 6.07) is 14.0. The van der Waals surface area contributed by atoms with Crippen molar-refractivity contribution >= 4 is 32.2 Å². The molecule has 6 nitrogen and oxygen atoms in total. The molecule has 3 aromatic rings. The number of amides is 1. The minimum Gasteiger partial charge on any atom is -0.497 e. The Kier molecular flexibility index (Phi) is 5.57. The van der Waals surface area contributed by atoms with Gasteiger partial charge < -0.3 is 4.74 Å². The van der Waals surface area contributed by atoms with Gasteiger partial charge in [-0.15, -0.1) is 11.3 Å². The number of nitrogens with zero attached hydrogens (tertiary/aromatic N) is 1. The van der Waals surface area contributed by atoms with Crippen LogP contribution in [0.2, 0.25) is 0 Å². The summed E-state index contributed by atoms with van der Waals surface area (Å²) < 4.78 is 27.8. The summed E-state index contributed by atoms with van der Waals surface area (Å²) in [4.78, 5) is 16.8. The Morgan fingerprint density at radius 2 is 1.78 bits per heavy atom. The molecular weight excluding hydrogens is 384 g/mol. The first-order valence-corrected chi connectivity index (χ1v) is 11.0. The lowest BCUT2D eigenvalue weighted by atomic mass is 10.1. The smallest absolute Gasteiger partial charge is 0.257 e. The lowest BCUT2D eigenvalue weighted by Gasteiger charge is -2.04. The third-order valence-electron chi connectivity index (χ3n) is 3.76. The van der Waals surface area contributed by atoms with Gasteiger partial charge in [-0.3, -0.25) is 10.1 Å². The minimum absolute atomic E-state index is 0.0490. The van der Waals surface area contributed by atoms with Gasteiger partial charge in [0.2, 0.25) is 0 Å². The second-order valence-electron chi connectivity index (χ2n) is 5.99. The molecule has 1 aromatic heterocycles. The largest absolute Gasteiger partial charge is 0.497 e. The van der Waals surface area contributed by atoms with E-state index in [-0.39, 0.29) is 11.7 Å². The van der Waals surface area contributed by atoms with E-state index < -0.39 is 9.84 Å². The van der Waals surface area contributed by atoms with Crippen LogP contribution in [0, 0.1) is 0 Å². The van der Waals surface area contributed by atoms with Crippen LogP contribution in [0.1, 0.15) is 15.9 Å². The molecular formula is C19H18N2O4S2. The topological polar surface area (TPSA) is 85.4 Å². The van der Waals surface area contributed by atoms with Gasteiger partial charge in [-0.1, -0.05) is 12.1 Å². The van der Waals surface area contributed by atoms with Gasteiger partial charge in [0, 0.05) is 22.8 Å². The van der Waals surface area contributed by atoms with Crippen molar-refractivity contribution in [3.8, 4) is 17.0 Å². The van der Waals surface area contributed by atoms with E-state index in [9.17, 15) is 13.2 Å². The van der Waals surface area contributed by atoms with E-state index in [0.29, 0.717) is 16.3 Å². The first-order chi connectivity index (χ1) is 12.8. The van der Waals surface area contributed by atoms with Crippen molar-refractivity contribution in [2.45, 2.75) is 5.75 Å². The van der Waals surface area contributed by atoms with E-state index in [4.69, 9.17) is 4.74 Å². The average Bonchev–Trinajstić information content (AvgIpc) is 3.09. The van der Waals surface area contributed by atoms with E-state index in [1.165, 1.54) is 17.6 Å².